The van der Waals surface area contributed by atoms with Gasteiger partial charge in [-0.15, -0.1) is 0 Å². The molecule has 1 aromatic heterocycles. The van der Waals surface area contributed by atoms with E-state index in [4.69, 9.17) is 0 Å². The molecule has 1 heterocycles. The van der Waals surface area contributed by atoms with Gasteiger partial charge in [0, 0.05) is 16.5 Å². The number of aromatic nitrogens is 1. The van der Waals surface area contributed by atoms with Gasteiger partial charge in [-0.05, 0) is 40.9 Å². The minimum Gasteiger partial charge on any atom is -0.423 e. The second-order valence-corrected chi connectivity index (χ2v) is 6.92. The number of rotatable bonds is 3. The first-order valence-corrected chi connectivity index (χ1v) is 9.27. The largest absolute Gasteiger partial charge is 0.488 e. The van der Waals surface area contributed by atoms with E-state index in [-0.39, 0.29) is 0 Å². The topological polar surface area (TPSA) is 45.4 Å². The highest BCUT2D eigenvalue weighted by Gasteiger charge is 2.16. The van der Waals surface area contributed by atoms with Crippen LogP contribution in [0.4, 0.5) is 0 Å². The molecule has 0 unspecified atom stereocenters. The molecule has 28 heavy (non-hydrogen) atoms. The molecule has 0 saturated heterocycles. The third-order valence-corrected chi connectivity index (χ3v) is 5.21. The molecule has 5 aromatic rings. The van der Waals surface area contributed by atoms with E-state index in [9.17, 15) is 10.0 Å². The molecule has 0 atom stereocenters. The zero-order valence-electron chi connectivity index (χ0n) is 15.2. The summed E-state index contributed by atoms with van der Waals surface area (Å²) in [5, 5.41) is 21.5. The van der Waals surface area contributed by atoms with Crippen molar-refractivity contribution in [1.82, 2.24) is 4.57 Å². The maximum atomic E-state index is 9.66. The quantitative estimate of drug-likeness (QED) is 0.474. The summed E-state index contributed by atoms with van der Waals surface area (Å²) in [5.41, 5.74) is 5.87. The summed E-state index contributed by atoms with van der Waals surface area (Å²) in [4.78, 5) is 0. The summed E-state index contributed by atoms with van der Waals surface area (Å²) in [6.45, 7) is 0. The Labute approximate surface area is 163 Å². The fourth-order valence-corrected chi connectivity index (χ4v) is 3.88. The standard InChI is InChI=1S/C24H18BNO2/c27-25(28)19-13-14-22-21-11-4-5-12-23(21)26(24(22)16-19)20-10-6-9-18(15-20)17-7-2-1-3-8-17/h1-16,27-28H. The second-order valence-electron chi connectivity index (χ2n) is 6.92. The maximum absolute atomic E-state index is 9.66. The summed E-state index contributed by atoms with van der Waals surface area (Å²) in [7, 11) is -1.49. The van der Waals surface area contributed by atoms with Crippen LogP contribution in [0.15, 0.2) is 97.1 Å². The Balaban J connectivity index is 1.81. The van der Waals surface area contributed by atoms with Gasteiger partial charge in [-0.3, -0.25) is 0 Å². The Bertz CT molecular complexity index is 1290. The fourth-order valence-electron chi connectivity index (χ4n) is 3.88. The van der Waals surface area contributed by atoms with E-state index in [1.165, 1.54) is 0 Å². The number of para-hydroxylation sites is 1. The maximum Gasteiger partial charge on any atom is 0.488 e. The lowest BCUT2D eigenvalue weighted by Gasteiger charge is -2.11. The van der Waals surface area contributed by atoms with E-state index < -0.39 is 7.12 Å². The first-order chi connectivity index (χ1) is 13.7. The van der Waals surface area contributed by atoms with Crippen LogP contribution in [0.3, 0.4) is 0 Å². The smallest absolute Gasteiger partial charge is 0.423 e. The Morgan fingerprint density at radius 1 is 0.571 bits per heavy atom. The van der Waals surface area contributed by atoms with Crippen molar-refractivity contribution in [3.05, 3.63) is 97.1 Å². The molecular weight excluding hydrogens is 345 g/mol. The van der Waals surface area contributed by atoms with Gasteiger partial charge in [0.25, 0.3) is 0 Å². The van der Waals surface area contributed by atoms with Crippen molar-refractivity contribution in [1.29, 1.82) is 0 Å². The number of hydrogen-bond acceptors (Lipinski definition) is 2. The van der Waals surface area contributed by atoms with Crippen molar-refractivity contribution in [2.75, 3.05) is 0 Å². The predicted octanol–water partition coefficient (Wildman–Crippen LogP) is 4.13. The van der Waals surface area contributed by atoms with Gasteiger partial charge in [-0.2, -0.15) is 0 Å². The molecule has 2 N–H and O–H groups in total. The van der Waals surface area contributed by atoms with Gasteiger partial charge in [0.15, 0.2) is 0 Å². The number of hydrogen-bond donors (Lipinski definition) is 2. The van der Waals surface area contributed by atoms with Crippen molar-refractivity contribution in [2.24, 2.45) is 0 Å². The minimum atomic E-state index is -1.49. The van der Waals surface area contributed by atoms with Crippen molar-refractivity contribution >= 4 is 34.4 Å². The summed E-state index contributed by atoms with van der Waals surface area (Å²) in [6.07, 6.45) is 0. The highest BCUT2D eigenvalue weighted by Crippen LogP contribution is 2.32. The molecule has 0 fully saturated rings. The molecule has 0 radical (unpaired) electrons. The average Bonchev–Trinajstić information content (AvgIpc) is 3.08. The Kier molecular flexibility index (Phi) is 4.01. The van der Waals surface area contributed by atoms with E-state index in [1.54, 1.807) is 6.07 Å². The minimum absolute atomic E-state index is 0.482. The van der Waals surface area contributed by atoms with Gasteiger partial charge >= 0.3 is 7.12 Å². The van der Waals surface area contributed by atoms with Crippen molar-refractivity contribution < 1.29 is 10.0 Å². The number of fused-ring (bicyclic) bond motifs is 3. The van der Waals surface area contributed by atoms with E-state index in [1.807, 2.05) is 42.5 Å². The van der Waals surface area contributed by atoms with Crippen LogP contribution in [0.25, 0.3) is 38.6 Å². The molecule has 4 heteroatoms. The van der Waals surface area contributed by atoms with Crippen LogP contribution in [0, 0.1) is 0 Å². The lowest BCUT2D eigenvalue weighted by Crippen LogP contribution is -2.29. The highest BCUT2D eigenvalue weighted by molar-refractivity contribution is 6.59. The summed E-state index contributed by atoms with van der Waals surface area (Å²) in [5.74, 6) is 0. The van der Waals surface area contributed by atoms with Gasteiger partial charge in [0.05, 0.1) is 11.0 Å². The monoisotopic (exact) mass is 363 g/mol. The van der Waals surface area contributed by atoms with Crippen molar-refractivity contribution in [3.63, 3.8) is 0 Å². The first-order valence-electron chi connectivity index (χ1n) is 9.27. The Morgan fingerprint density at radius 2 is 1.29 bits per heavy atom. The molecule has 0 bridgehead atoms. The van der Waals surface area contributed by atoms with Gasteiger partial charge < -0.3 is 14.6 Å². The van der Waals surface area contributed by atoms with E-state index in [2.05, 4.69) is 53.1 Å². The fraction of sp³-hybridized carbons (Fsp3) is 0. The van der Waals surface area contributed by atoms with Crippen LogP contribution in [0.2, 0.25) is 0 Å². The second kappa shape index (κ2) is 6.68. The lowest BCUT2D eigenvalue weighted by molar-refractivity contribution is 0.426. The third-order valence-electron chi connectivity index (χ3n) is 5.21. The summed E-state index contributed by atoms with van der Waals surface area (Å²) in [6, 6.07) is 32.6. The van der Waals surface area contributed by atoms with E-state index >= 15 is 0 Å². The summed E-state index contributed by atoms with van der Waals surface area (Å²) >= 11 is 0. The number of nitrogens with zero attached hydrogens (tertiary/aromatic N) is 1. The van der Waals surface area contributed by atoms with Gasteiger partial charge in [-0.1, -0.05) is 72.8 Å². The lowest BCUT2D eigenvalue weighted by atomic mass is 9.80. The average molecular weight is 363 g/mol. The van der Waals surface area contributed by atoms with Crippen LogP contribution in [-0.2, 0) is 0 Å². The Hall–Kier alpha value is -3.34. The van der Waals surface area contributed by atoms with Crippen LogP contribution in [0.5, 0.6) is 0 Å². The molecule has 0 saturated carbocycles. The highest BCUT2D eigenvalue weighted by atomic mass is 16.4. The Morgan fingerprint density at radius 3 is 2.11 bits per heavy atom. The van der Waals surface area contributed by atoms with Crippen molar-refractivity contribution in [3.8, 4) is 16.8 Å². The number of benzene rings is 4. The van der Waals surface area contributed by atoms with Gasteiger partial charge in [-0.25, -0.2) is 0 Å². The zero-order valence-corrected chi connectivity index (χ0v) is 15.2. The molecule has 3 nitrogen and oxygen atoms in total. The van der Waals surface area contributed by atoms with Crippen LogP contribution in [-0.4, -0.2) is 21.7 Å². The van der Waals surface area contributed by atoms with Crippen LogP contribution >= 0.6 is 0 Å². The molecule has 134 valence electrons. The SMILES string of the molecule is OB(O)c1ccc2c3ccccc3n(-c3cccc(-c4ccccc4)c3)c2c1. The first kappa shape index (κ1) is 16.8. The third kappa shape index (κ3) is 2.71. The molecule has 0 amide bonds. The zero-order chi connectivity index (χ0) is 19.1. The van der Waals surface area contributed by atoms with E-state index in [0.29, 0.717) is 5.46 Å². The van der Waals surface area contributed by atoms with Gasteiger partial charge in [0.2, 0.25) is 0 Å². The normalized spacial score (nSPS) is 11.2. The molecule has 0 aliphatic heterocycles. The molecule has 0 aliphatic rings. The molecule has 4 aromatic carbocycles. The van der Waals surface area contributed by atoms with Crippen LogP contribution in [0.1, 0.15) is 0 Å². The molecular formula is C24H18BNO2. The van der Waals surface area contributed by atoms with E-state index in [0.717, 1.165) is 38.6 Å². The molecule has 0 aliphatic carbocycles. The molecule has 0 spiro atoms. The predicted molar refractivity (Wildman–Crippen MR) is 116 cm³/mol. The molecule has 5 rings (SSSR count). The van der Waals surface area contributed by atoms with Crippen molar-refractivity contribution in [2.45, 2.75) is 0 Å². The van der Waals surface area contributed by atoms with Gasteiger partial charge in [0.1, 0.15) is 0 Å². The van der Waals surface area contributed by atoms with Crippen LogP contribution < -0.4 is 5.46 Å². The summed E-state index contributed by atoms with van der Waals surface area (Å²) < 4.78 is 2.18.